The second-order valence-corrected chi connectivity index (χ2v) is 6.07. The van der Waals surface area contributed by atoms with Crippen molar-refractivity contribution in [3.63, 3.8) is 0 Å². The summed E-state index contributed by atoms with van der Waals surface area (Å²) in [7, 11) is 2.10. The third-order valence-electron chi connectivity index (χ3n) is 4.98. The van der Waals surface area contributed by atoms with Crippen LogP contribution in [0.1, 0.15) is 44.5 Å². The summed E-state index contributed by atoms with van der Waals surface area (Å²) in [5, 5.41) is 3.53. The number of hydrogen-bond donors (Lipinski definition) is 1. The van der Waals surface area contributed by atoms with Gasteiger partial charge in [0, 0.05) is 6.04 Å². The first-order chi connectivity index (χ1) is 9.74. The van der Waals surface area contributed by atoms with Crippen LogP contribution in [0, 0.1) is 12.8 Å². The maximum atomic E-state index is 4.74. The first kappa shape index (κ1) is 13.6. The minimum Gasteiger partial charge on any atom is -0.324 e. The van der Waals surface area contributed by atoms with Crippen molar-refractivity contribution in [3.8, 4) is 0 Å². The lowest BCUT2D eigenvalue weighted by atomic mass is 9.80. The second-order valence-electron chi connectivity index (χ2n) is 6.07. The molecule has 2 aromatic rings. The van der Waals surface area contributed by atoms with Crippen molar-refractivity contribution >= 4 is 11.0 Å². The highest BCUT2D eigenvalue weighted by Crippen LogP contribution is 2.36. The van der Waals surface area contributed by atoms with E-state index >= 15 is 0 Å². The zero-order valence-electron chi connectivity index (χ0n) is 12.8. The number of aryl methyl sites for hydroxylation is 1. The van der Waals surface area contributed by atoms with E-state index in [1.54, 1.807) is 0 Å². The van der Waals surface area contributed by atoms with Crippen LogP contribution in [-0.4, -0.2) is 22.6 Å². The normalized spacial score (nSPS) is 27.1. The van der Waals surface area contributed by atoms with Gasteiger partial charge in [0.25, 0.3) is 0 Å². The third-order valence-corrected chi connectivity index (χ3v) is 4.98. The van der Waals surface area contributed by atoms with Crippen molar-refractivity contribution in [2.45, 2.75) is 51.6 Å². The fourth-order valence-electron chi connectivity index (χ4n) is 3.81. The van der Waals surface area contributed by atoms with Gasteiger partial charge in [0.1, 0.15) is 5.82 Å². The van der Waals surface area contributed by atoms with Gasteiger partial charge in [-0.3, -0.25) is 0 Å². The van der Waals surface area contributed by atoms with E-state index in [1.807, 2.05) is 0 Å². The number of aromatic nitrogens is 2. The standard InChI is InChI=1S/C17H25N3/c1-4-13-9-10-14(18-3)17(11-13)20-12(2)19-15-7-5-6-8-16(15)20/h5-8,13-14,17-18H,4,9-11H2,1-3H3. The Labute approximate surface area is 121 Å². The Morgan fingerprint density at radius 1 is 1.30 bits per heavy atom. The Balaban J connectivity index is 2.04. The molecule has 108 valence electrons. The fraction of sp³-hybridized carbons (Fsp3) is 0.588. The molecule has 3 nitrogen and oxygen atoms in total. The maximum Gasteiger partial charge on any atom is 0.107 e. The Kier molecular flexibility index (Phi) is 3.79. The number of hydrogen-bond acceptors (Lipinski definition) is 2. The molecule has 3 heteroatoms. The molecule has 1 aliphatic carbocycles. The van der Waals surface area contributed by atoms with Gasteiger partial charge in [-0.15, -0.1) is 0 Å². The van der Waals surface area contributed by atoms with Gasteiger partial charge in [0.05, 0.1) is 17.1 Å². The molecule has 1 aromatic heterocycles. The van der Waals surface area contributed by atoms with Gasteiger partial charge >= 0.3 is 0 Å². The summed E-state index contributed by atoms with van der Waals surface area (Å²) < 4.78 is 2.47. The van der Waals surface area contributed by atoms with Crippen molar-refractivity contribution < 1.29 is 0 Å². The van der Waals surface area contributed by atoms with Gasteiger partial charge in [0.15, 0.2) is 0 Å². The number of nitrogens with one attached hydrogen (secondary N) is 1. The number of fused-ring (bicyclic) bond motifs is 1. The van der Waals surface area contributed by atoms with Gasteiger partial charge in [-0.1, -0.05) is 25.5 Å². The predicted octanol–water partition coefficient (Wildman–Crippen LogP) is 3.68. The molecule has 1 aromatic carbocycles. The van der Waals surface area contributed by atoms with E-state index < -0.39 is 0 Å². The van der Waals surface area contributed by atoms with Crippen molar-refractivity contribution in [2.24, 2.45) is 5.92 Å². The SMILES string of the molecule is CCC1CCC(NC)C(n2c(C)nc3ccccc32)C1. The molecule has 3 rings (SSSR count). The maximum absolute atomic E-state index is 4.74. The number of nitrogens with zero attached hydrogens (tertiary/aromatic N) is 2. The summed E-state index contributed by atoms with van der Waals surface area (Å²) in [6.45, 7) is 4.46. The van der Waals surface area contributed by atoms with E-state index in [9.17, 15) is 0 Å². The van der Waals surface area contributed by atoms with Gasteiger partial charge in [-0.25, -0.2) is 4.98 Å². The summed E-state index contributed by atoms with van der Waals surface area (Å²) in [5.41, 5.74) is 2.41. The van der Waals surface area contributed by atoms with Crippen molar-refractivity contribution in [2.75, 3.05) is 7.05 Å². The number of benzene rings is 1. The fourth-order valence-corrected chi connectivity index (χ4v) is 3.81. The predicted molar refractivity (Wildman–Crippen MR) is 84.0 cm³/mol. The summed E-state index contributed by atoms with van der Waals surface area (Å²) in [4.78, 5) is 4.74. The molecule has 1 N–H and O–H groups in total. The monoisotopic (exact) mass is 271 g/mol. The minimum atomic E-state index is 0.533. The molecule has 0 amide bonds. The van der Waals surface area contributed by atoms with Crippen LogP contribution in [0.3, 0.4) is 0 Å². The lowest BCUT2D eigenvalue weighted by Crippen LogP contribution is -2.40. The van der Waals surface area contributed by atoms with Crippen LogP contribution < -0.4 is 5.32 Å². The molecule has 0 spiro atoms. The molecule has 20 heavy (non-hydrogen) atoms. The van der Waals surface area contributed by atoms with E-state index in [0.29, 0.717) is 12.1 Å². The first-order valence-corrected chi connectivity index (χ1v) is 7.85. The summed E-state index contributed by atoms with van der Waals surface area (Å²) in [5.74, 6) is 2.00. The van der Waals surface area contributed by atoms with E-state index in [0.717, 1.165) is 17.3 Å². The Bertz CT molecular complexity index is 587. The van der Waals surface area contributed by atoms with Crippen LogP contribution in [0.25, 0.3) is 11.0 Å². The molecule has 1 saturated carbocycles. The number of rotatable bonds is 3. The van der Waals surface area contributed by atoms with Gasteiger partial charge < -0.3 is 9.88 Å². The highest BCUT2D eigenvalue weighted by Gasteiger charge is 2.31. The van der Waals surface area contributed by atoms with Gasteiger partial charge in [0.2, 0.25) is 0 Å². The Hall–Kier alpha value is -1.35. The second kappa shape index (κ2) is 5.57. The number of imidazole rings is 1. The molecule has 0 radical (unpaired) electrons. The summed E-state index contributed by atoms with van der Waals surface area (Å²) in [6.07, 6.45) is 5.18. The van der Waals surface area contributed by atoms with Crippen LogP contribution in [0.2, 0.25) is 0 Å². The van der Waals surface area contributed by atoms with E-state index in [-0.39, 0.29) is 0 Å². The highest BCUT2D eigenvalue weighted by atomic mass is 15.1. The molecular formula is C17H25N3. The van der Waals surface area contributed by atoms with Crippen LogP contribution in [0.5, 0.6) is 0 Å². The number of likely N-dealkylation sites (N-methyl/N-ethyl adjacent to an activating group) is 1. The van der Waals surface area contributed by atoms with Gasteiger partial charge in [-0.2, -0.15) is 0 Å². The van der Waals surface area contributed by atoms with E-state index in [2.05, 4.69) is 55.0 Å². The van der Waals surface area contributed by atoms with Crippen LogP contribution in [0.4, 0.5) is 0 Å². The lowest BCUT2D eigenvalue weighted by molar-refractivity contribution is 0.210. The Morgan fingerprint density at radius 2 is 2.10 bits per heavy atom. The molecule has 1 aliphatic rings. The molecule has 0 saturated heterocycles. The lowest BCUT2D eigenvalue weighted by Gasteiger charge is -2.37. The average molecular weight is 271 g/mol. The number of para-hydroxylation sites is 2. The van der Waals surface area contributed by atoms with E-state index in [4.69, 9.17) is 4.98 Å². The summed E-state index contributed by atoms with van der Waals surface area (Å²) in [6, 6.07) is 9.62. The first-order valence-electron chi connectivity index (χ1n) is 7.85. The quantitative estimate of drug-likeness (QED) is 0.923. The molecule has 1 heterocycles. The smallest absolute Gasteiger partial charge is 0.107 e. The highest BCUT2D eigenvalue weighted by molar-refractivity contribution is 5.76. The summed E-state index contributed by atoms with van der Waals surface area (Å²) >= 11 is 0. The molecule has 0 aliphatic heterocycles. The van der Waals surface area contributed by atoms with Crippen LogP contribution >= 0.6 is 0 Å². The topological polar surface area (TPSA) is 29.9 Å². The largest absolute Gasteiger partial charge is 0.324 e. The molecular weight excluding hydrogens is 246 g/mol. The molecule has 3 atom stereocenters. The van der Waals surface area contributed by atoms with E-state index in [1.165, 1.54) is 31.2 Å². The zero-order valence-corrected chi connectivity index (χ0v) is 12.8. The molecule has 3 unspecified atom stereocenters. The van der Waals surface area contributed by atoms with Crippen molar-refractivity contribution in [3.05, 3.63) is 30.1 Å². The third kappa shape index (κ3) is 2.24. The van der Waals surface area contributed by atoms with Crippen molar-refractivity contribution in [1.82, 2.24) is 14.9 Å². The Morgan fingerprint density at radius 3 is 2.85 bits per heavy atom. The minimum absolute atomic E-state index is 0.533. The molecule has 1 fully saturated rings. The van der Waals surface area contributed by atoms with Gasteiger partial charge in [-0.05, 0) is 51.3 Å². The van der Waals surface area contributed by atoms with Crippen LogP contribution in [0.15, 0.2) is 24.3 Å². The van der Waals surface area contributed by atoms with Crippen molar-refractivity contribution in [1.29, 1.82) is 0 Å². The molecule has 0 bridgehead atoms. The van der Waals surface area contributed by atoms with Crippen LogP contribution in [-0.2, 0) is 0 Å². The zero-order chi connectivity index (χ0) is 14.1. The average Bonchev–Trinajstić information content (AvgIpc) is 2.82.